The molecule has 4 nitrogen and oxygen atoms in total. The standard InChI is InChI=1S/C13H16N4S/c1-8(2)17-7-15-10-5-4-9-6-14-13(18-3)16-11(9)12(10)17/h6-8H,4-5H2,1-3H3. The minimum atomic E-state index is 0.403. The van der Waals surface area contributed by atoms with Gasteiger partial charge < -0.3 is 4.57 Å². The van der Waals surface area contributed by atoms with Crippen LogP contribution in [0.15, 0.2) is 17.7 Å². The van der Waals surface area contributed by atoms with Gasteiger partial charge in [0.15, 0.2) is 5.16 Å². The SMILES string of the molecule is CSc1ncc2c(n1)-c1c(ncn1C(C)C)CC2. The highest BCUT2D eigenvalue weighted by molar-refractivity contribution is 7.98. The van der Waals surface area contributed by atoms with E-state index < -0.39 is 0 Å². The summed E-state index contributed by atoms with van der Waals surface area (Å²) in [7, 11) is 0. The lowest BCUT2D eigenvalue weighted by Gasteiger charge is -2.19. The molecule has 1 aliphatic rings. The Hall–Kier alpha value is -1.36. The molecule has 0 saturated carbocycles. The molecule has 3 rings (SSSR count). The summed E-state index contributed by atoms with van der Waals surface area (Å²) in [6, 6.07) is 0.403. The fourth-order valence-corrected chi connectivity index (χ4v) is 2.70. The number of thioether (sulfide) groups is 1. The third-order valence-corrected chi connectivity index (χ3v) is 3.87. The summed E-state index contributed by atoms with van der Waals surface area (Å²) in [4.78, 5) is 13.6. The summed E-state index contributed by atoms with van der Waals surface area (Å²) >= 11 is 1.58. The predicted molar refractivity (Wildman–Crippen MR) is 72.8 cm³/mol. The molecule has 2 heterocycles. The van der Waals surface area contributed by atoms with Crippen molar-refractivity contribution in [2.75, 3.05) is 6.26 Å². The maximum Gasteiger partial charge on any atom is 0.187 e. The number of rotatable bonds is 2. The van der Waals surface area contributed by atoms with E-state index in [1.807, 2.05) is 18.8 Å². The normalized spacial score (nSPS) is 13.6. The Kier molecular flexibility index (Phi) is 2.86. The van der Waals surface area contributed by atoms with E-state index in [-0.39, 0.29) is 0 Å². The molecule has 0 aliphatic heterocycles. The van der Waals surface area contributed by atoms with E-state index in [0.29, 0.717) is 6.04 Å². The van der Waals surface area contributed by atoms with E-state index >= 15 is 0 Å². The van der Waals surface area contributed by atoms with Crippen LogP contribution in [-0.2, 0) is 12.8 Å². The van der Waals surface area contributed by atoms with Gasteiger partial charge >= 0.3 is 0 Å². The number of hydrogen-bond donors (Lipinski definition) is 0. The monoisotopic (exact) mass is 260 g/mol. The highest BCUT2D eigenvalue weighted by Gasteiger charge is 2.24. The summed E-state index contributed by atoms with van der Waals surface area (Å²) in [6.45, 7) is 4.35. The molecule has 0 unspecified atom stereocenters. The van der Waals surface area contributed by atoms with Crippen LogP contribution in [0.5, 0.6) is 0 Å². The van der Waals surface area contributed by atoms with Crippen molar-refractivity contribution in [1.82, 2.24) is 19.5 Å². The number of aromatic nitrogens is 4. The Morgan fingerprint density at radius 2 is 2.11 bits per heavy atom. The average molecular weight is 260 g/mol. The summed E-state index contributed by atoms with van der Waals surface area (Å²) in [6.07, 6.45) is 7.89. The second-order valence-electron chi connectivity index (χ2n) is 4.77. The molecule has 0 atom stereocenters. The molecule has 1 aliphatic carbocycles. The van der Waals surface area contributed by atoms with Crippen LogP contribution in [0.1, 0.15) is 31.1 Å². The van der Waals surface area contributed by atoms with Crippen LogP contribution in [0, 0.1) is 0 Å². The molecule has 0 bridgehead atoms. The molecule has 0 radical (unpaired) electrons. The van der Waals surface area contributed by atoms with Crippen LogP contribution in [0.4, 0.5) is 0 Å². The molecule has 0 N–H and O–H groups in total. The molecular formula is C13H16N4S. The van der Waals surface area contributed by atoms with Crippen molar-refractivity contribution in [2.24, 2.45) is 0 Å². The Labute approximate surface area is 111 Å². The lowest BCUT2D eigenvalue weighted by Crippen LogP contribution is -2.11. The fraction of sp³-hybridized carbons (Fsp3) is 0.462. The molecule has 0 aromatic carbocycles. The first-order valence-electron chi connectivity index (χ1n) is 6.16. The van der Waals surface area contributed by atoms with E-state index in [2.05, 4.69) is 33.4 Å². The molecule has 18 heavy (non-hydrogen) atoms. The van der Waals surface area contributed by atoms with Gasteiger partial charge in [-0.1, -0.05) is 11.8 Å². The number of imidazole rings is 1. The van der Waals surface area contributed by atoms with Gasteiger partial charge in [0.1, 0.15) is 0 Å². The summed E-state index contributed by atoms with van der Waals surface area (Å²) in [5, 5.41) is 0.832. The minimum absolute atomic E-state index is 0.403. The Balaban J connectivity index is 2.22. The van der Waals surface area contributed by atoms with Gasteiger partial charge in [0.25, 0.3) is 0 Å². The van der Waals surface area contributed by atoms with E-state index in [1.54, 1.807) is 11.8 Å². The van der Waals surface area contributed by atoms with Crippen molar-refractivity contribution < 1.29 is 0 Å². The first-order chi connectivity index (χ1) is 8.70. The first-order valence-corrected chi connectivity index (χ1v) is 7.39. The second-order valence-corrected chi connectivity index (χ2v) is 5.54. The molecular weight excluding hydrogens is 244 g/mol. The van der Waals surface area contributed by atoms with Gasteiger partial charge in [-0.05, 0) is 38.5 Å². The van der Waals surface area contributed by atoms with E-state index in [9.17, 15) is 0 Å². The maximum absolute atomic E-state index is 4.68. The molecule has 94 valence electrons. The van der Waals surface area contributed by atoms with E-state index in [1.165, 1.54) is 17.0 Å². The third-order valence-electron chi connectivity index (χ3n) is 3.31. The predicted octanol–water partition coefficient (Wildman–Crippen LogP) is 2.74. The molecule has 2 aromatic heterocycles. The highest BCUT2D eigenvalue weighted by Crippen LogP contribution is 2.33. The van der Waals surface area contributed by atoms with Crippen molar-refractivity contribution >= 4 is 11.8 Å². The molecule has 5 heteroatoms. The van der Waals surface area contributed by atoms with Crippen LogP contribution in [0.25, 0.3) is 11.4 Å². The van der Waals surface area contributed by atoms with Crippen molar-refractivity contribution in [3.8, 4) is 11.4 Å². The summed E-state index contributed by atoms with van der Waals surface area (Å²) in [5.41, 5.74) is 4.66. The zero-order valence-corrected chi connectivity index (χ0v) is 11.7. The van der Waals surface area contributed by atoms with Gasteiger partial charge in [-0.3, -0.25) is 0 Å². The fourth-order valence-electron chi connectivity index (χ4n) is 2.36. The number of hydrogen-bond acceptors (Lipinski definition) is 4. The summed E-state index contributed by atoms with van der Waals surface area (Å²) < 4.78 is 2.21. The molecule has 0 amide bonds. The topological polar surface area (TPSA) is 43.6 Å². The molecule has 0 fully saturated rings. The Bertz CT molecular complexity index is 589. The third kappa shape index (κ3) is 1.73. The van der Waals surface area contributed by atoms with Crippen LogP contribution in [-0.4, -0.2) is 25.8 Å². The van der Waals surface area contributed by atoms with Gasteiger partial charge in [-0.2, -0.15) is 0 Å². The van der Waals surface area contributed by atoms with Crippen LogP contribution in [0.3, 0.4) is 0 Å². The highest BCUT2D eigenvalue weighted by atomic mass is 32.2. The zero-order chi connectivity index (χ0) is 12.7. The smallest absolute Gasteiger partial charge is 0.187 e. The van der Waals surface area contributed by atoms with Crippen LogP contribution in [0.2, 0.25) is 0 Å². The van der Waals surface area contributed by atoms with E-state index in [0.717, 1.165) is 23.7 Å². The number of aryl methyl sites for hydroxylation is 2. The van der Waals surface area contributed by atoms with Crippen LogP contribution >= 0.6 is 11.8 Å². The first kappa shape index (κ1) is 11.7. The molecule has 2 aromatic rings. The average Bonchev–Trinajstić information content (AvgIpc) is 2.82. The maximum atomic E-state index is 4.68. The van der Waals surface area contributed by atoms with Gasteiger partial charge in [0.05, 0.1) is 23.4 Å². The lowest BCUT2D eigenvalue weighted by molar-refractivity contribution is 0.601. The van der Waals surface area contributed by atoms with Gasteiger partial charge in [0, 0.05) is 12.2 Å². The molecule has 0 spiro atoms. The second kappa shape index (κ2) is 4.39. The van der Waals surface area contributed by atoms with Crippen molar-refractivity contribution in [1.29, 1.82) is 0 Å². The quantitative estimate of drug-likeness (QED) is 0.615. The Morgan fingerprint density at radius 3 is 2.83 bits per heavy atom. The van der Waals surface area contributed by atoms with Crippen molar-refractivity contribution in [2.45, 2.75) is 37.9 Å². The largest absolute Gasteiger partial charge is 0.327 e. The van der Waals surface area contributed by atoms with Crippen molar-refractivity contribution in [3.05, 3.63) is 23.8 Å². The van der Waals surface area contributed by atoms with Crippen LogP contribution < -0.4 is 0 Å². The minimum Gasteiger partial charge on any atom is -0.327 e. The Morgan fingerprint density at radius 1 is 1.28 bits per heavy atom. The van der Waals surface area contributed by atoms with E-state index in [4.69, 9.17) is 0 Å². The lowest BCUT2D eigenvalue weighted by atomic mass is 9.97. The zero-order valence-electron chi connectivity index (χ0n) is 10.8. The van der Waals surface area contributed by atoms with Gasteiger partial charge in [-0.25, -0.2) is 15.0 Å². The van der Waals surface area contributed by atoms with Gasteiger partial charge in [-0.15, -0.1) is 0 Å². The number of nitrogens with zero attached hydrogens (tertiary/aromatic N) is 4. The summed E-state index contributed by atoms with van der Waals surface area (Å²) in [5.74, 6) is 0. The van der Waals surface area contributed by atoms with Crippen molar-refractivity contribution in [3.63, 3.8) is 0 Å². The van der Waals surface area contributed by atoms with Gasteiger partial charge in [0.2, 0.25) is 0 Å². The number of fused-ring (bicyclic) bond motifs is 3. The molecule has 0 saturated heterocycles.